The Morgan fingerprint density at radius 3 is 2.91 bits per heavy atom. The lowest BCUT2D eigenvalue weighted by atomic mass is 9.94. The molecule has 2 rings (SSSR count). The second-order valence-corrected chi connectivity index (χ2v) is 7.41. The van der Waals surface area contributed by atoms with Crippen LogP contribution in [0.25, 0.3) is 0 Å². The van der Waals surface area contributed by atoms with Crippen molar-refractivity contribution in [1.29, 1.82) is 5.26 Å². The van der Waals surface area contributed by atoms with Crippen molar-refractivity contribution in [3.8, 4) is 6.07 Å². The number of nitriles is 1. The topological polar surface area (TPSA) is 96.0 Å². The first kappa shape index (κ1) is 16.4. The van der Waals surface area contributed by atoms with E-state index in [9.17, 15) is 14.3 Å². The molecule has 118 valence electrons. The average molecular weight is 321 g/mol. The lowest BCUT2D eigenvalue weighted by molar-refractivity contribution is -0.384. The molecular weight excluding hydrogens is 302 g/mol. The van der Waals surface area contributed by atoms with Gasteiger partial charge in [0.1, 0.15) is 5.69 Å². The van der Waals surface area contributed by atoms with E-state index in [2.05, 4.69) is 5.32 Å². The first-order valence-corrected chi connectivity index (χ1v) is 8.75. The zero-order valence-corrected chi connectivity index (χ0v) is 13.3. The molecule has 1 aliphatic rings. The number of rotatable bonds is 5. The molecule has 1 saturated carbocycles. The molecule has 1 N–H and O–H groups in total. The predicted molar refractivity (Wildman–Crippen MR) is 86.2 cm³/mol. The van der Waals surface area contributed by atoms with Gasteiger partial charge < -0.3 is 5.32 Å². The van der Waals surface area contributed by atoms with Gasteiger partial charge in [-0.3, -0.25) is 14.3 Å². The number of hydrogen-bond acceptors (Lipinski definition) is 5. The Morgan fingerprint density at radius 1 is 1.50 bits per heavy atom. The highest BCUT2D eigenvalue weighted by atomic mass is 32.2. The SMILES string of the molecule is CC[S@](=O)[C@H]1CCC[C@H](Nc2ccc(C#N)cc2[N+](=O)[O-])C1. The van der Waals surface area contributed by atoms with E-state index in [4.69, 9.17) is 5.26 Å². The van der Waals surface area contributed by atoms with Crippen LogP contribution in [0.4, 0.5) is 11.4 Å². The number of nitrogens with one attached hydrogen (secondary N) is 1. The molecule has 3 atom stereocenters. The van der Waals surface area contributed by atoms with Crippen molar-refractivity contribution in [2.45, 2.75) is 43.9 Å². The maximum absolute atomic E-state index is 12.0. The van der Waals surface area contributed by atoms with Crippen LogP contribution >= 0.6 is 0 Å². The average Bonchev–Trinajstić information content (AvgIpc) is 2.54. The monoisotopic (exact) mass is 321 g/mol. The number of nitrogens with zero attached hydrogens (tertiary/aromatic N) is 2. The largest absolute Gasteiger partial charge is 0.377 e. The normalized spacial score (nSPS) is 22.5. The second kappa shape index (κ2) is 7.36. The van der Waals surface area contributed by atoms with E-state index in [1.807, 2.05) is 13.0 Å². The second-order valence-electron chi connectivity index (χ2n) is 5.40. The molecule has 0 spiro atoms. The summed E-state index contributed by atoms with van der Waals surface area (Å²) in [5.41, 5.74) is 0.612. The summed E-state index contributed by atoms with van der Waals surface area (Å²) in [7, 11) is -0.828. The van der Waals surface area contributed by atoms with Crippen LogP contribution in [0.3, 0.4) is 0 Å². The van der Waals surface area contributed by atoms with Gasteiger partial charge in [0.25, 0.3) is 5.69 Å². The van der Waals surface area contributed by atoms with Gasteiger partial charge in [-0.2, -0.15) is 5.26 Å². The third-order valence-corrected chi connectivity index (χ3v) is 5.71. The third-order valence-electron chi connectivity index (χ3n) is 3.97. The summed E-state index contributed by atoms with van der Waals surface area (Å²) >= 11 is 0. The van der Waals surface area contributed by atoms with E-state index in [0.29, 0.717) is 11.4 Å². The highest BCUT2D eigenvalue weighted by Crippen LogP contribution is 2.30. The maximum atomic E-state index is 12.0. The quantitative estimate of drug-likeness (QED) is 0.664. The van der Waals surface area contributed by atoms with E-state index in [1.165, 1.54) is 6.07 Å². The lowest BCUT2D eigenvalue weighted by Gasteiger charge is -2.29. The van der Waals surface area contributed by atoms with E-state index in [1.54, 1.807) is 12.1 Å². The molecule has 0 bridgehead atoms. The number of nitro groups is 1. The fourth-order valence-electron chi connectivity index (χ4n) is 2.84. The van der Waals surface area contributed by atoms with Crippen LogP contribution in [0.1, 0.15) is 38.2 Å². The summed E-state index contributed by atoms with van der Waals surface area (Å²) in [6.45, 7) is 1.92. The number of nitro benzene ring substituents is 1. The van der Waals surface area contributed by atoms with E-state index < -0.39 is 15.7 Å². The van der Waals surface area contributed by atoms with Gasteiger partial charge >= 0.3 is 0 Å². The molecule has 6 nitrogen and oxygen atoms in total. The molecule has 0 saturated heterocycles. The number of hydrogen-bond donors (Lipinski definition) is 1. The van der Waals surface area contributed by atoms with Gasteiger partial charge in [-0.15, -0.1) is 0 Å². The Labute approximate surface area is 132 Å². The Bertz CT molecular complexity index is 627. The van der Waals surface area contributed by atoms with Gasteiger partial charge in [-0.25, -0.2) is 0 Å². The molecule has 0 amide bonds. The van der Waals surface area contributed by atoms with Gasteiger partial charge in [-0.05, 0) is 31.4 Å². The minimum Gasteiger partial charge on any atom is -0.377 e. The van der Waals surface area contributed by atoms with Gasteiger partial charge in [0.2, 0.25) is 0 Å². The third kappa shape index (κ3) is 3.83. The predicted octanol–water partition coefficient (Wildman–Crippen LogP) is 2.96. The molecule has 1 aliphatic carbocycles. The molecule has 0 radical (unpaired) electrons. The summed E-state index contributed by atoms with van der Waals surface area (Å²) in [4.78, 5) is 10.7. The van der Waals surface area contributed by atoms with Gasteiger partial charge in [0.05, 0.1) is 16.6 Å². The Balaban J connectivity index is 2.15. The fraction of sp³-hybridized carbons (Fsp3) is 0.533. The first-order chi connectivity index (χ1) is 10.5. The maximum Gasteiger partial charge on any atom is 0.293 e. The Hall–Kier alpha value is -1.94. The lowest BCUT2D eigenvalue weighted by Crippen LogP contribution is -2.33. The molecule has 22 heavy (non-hydrogen) atoms. The molecule has 7 heteroatoms. The smallest absolute Gasteiger partial charge is 0.293 e. The van der Waals surface area contributed by atoms with Crippen molar-refractivity contribution in [2.75, 3.05) is 11.1 Å². The van der Waals surface area contributed by atoms with E-state index >= 15 is 0 Å². The minimum absolute atomic E-state index is 0.0842. The van der Waals surface area contributed by atoms with Gasteiger partial charge in [0, 0.05) is 33.9 Å². The summed E-state index contributed by atoms with van der Waals surface area (Å²) in [6.07, 6.45) is 3.60. The van der Waals surface area contributed by atoms with Crippen LogP contribution < -0.4 is 5.32 Å². The van der Waals surface area contributed by atoms with Gasteiger partial charge in [-0.1, -0.05) is 13.3 Å². The molecule has 0 unspecified atom stereocenters. The van der Waals surface area contributed by atoms with E-state index in [0.717, 1.165) is 25.7 Å². The standard InChI is InChI=1S/C15H19N3O3S/c1-2-22(21)13-5-3-4-12(9-13)17-14-7-6-11(10-16)8-15(14)18(19)20/h6-8,12-13,17H,2-5,9H2,1H3/t12-,13-,22-/m0/s1. The van der Waals surface area contributed by atoms with Crippen LogP contribution in [0.5, 0.6) is 0 Å². The minimum atomic E-state index is -0.828. The summed E-state index contributed by atoms with van der Waals surface area (Å²) < 4.78 is 12.0. The zero-order chi connectivity index (χ0) is 16.1. The molecule has 1 aromatic carbocycles. The molecule has 0 aliphatic heterocycles. The number of anilines is 1. The molecule has 0 heterocycles. The van der Waals surface area contributed by atoms with Crippen molar-refractivity contribution in [3.63, 3.8) is 0 Å². The van der Waals surface area contributed by atoms with Crippen molar-refractivity contribution in [1.82, 2.24) is 0 Å². The fourth-order valence-corrected chi connectivity index (χ4v) is 4.19. The van der Waals surface area contributed by atoms with Crippen molar-refractivity contribution >= 4 is 22.2 Å². The molecular formula is C15H19N3O3S. The molecule has 0 aromatic heterocycles. The van der Waals surface area contributed by atoms with Crippen LogP contribution in [0.2, 0.25) is 0 Å². The van der Waals surface area contributed by atoms with Gasteiger partial charge in [0.15, 0.2) is 0 Å². The molecule has 1 fully saturated rings. The Morgan fingerprint density at radius 2 is 2.27 bits per heavy atom. The van der Waals surface area contributed by atoms with Crippen molar-refractivity contribution in [3.05, 3.63) is 33.9 Å². The van der Waals surface area contributed by atoms with Crippen LogP contribution in [-0.2, 0) is 10.8 Å². The summed E-state index contributed by atoms with van der Waals surface area (Å²) in [6, 6.07) is 6.43. The van der Waals surface area contributed by atoms with Crippen LogP contribution in [-0.4, -0.2) is 26.2 Å². The summed E-state index contributed by atoms with van der Waals surface area (Å²) in [5, 5.41) is 23.4. The van der Waals surface area contributed by atoms with Crippen LogP contribution in [0, 0.1) is 21.4 Å². The van der Waals surface area contributed by atoms with Crippen LogP contribution in [0.15, 0.2) is 18.2 Å². The Kier molecular flexibility index (Phi) is 5.50. The highest BCUT2D eigenvalue weighted by Gasteiger charge is 2.27. The zero-order valence-electron chi connectivity index (χ0n) is 12.4. The van der Waals surface area contributed by atoms with E-state index in [-0.39, 0.29) is 22.5 Å². The number of benzene rings is 1. The molecule has 1 aromatic rings. The summed E-state index contributed by atoms with van der Waals surface area (Å²) in [5.74, 6) is 0.647. The first-order valence-electron chi connectivity index (χ1n) is 7.37. The highest BCUT2D eigenvalue weighted by molar-refractivity contribution is 7.85. The van der Waals surface area contributed by atoms with Crippen molar-refractivity contribution < 1.29 is 9.13 Å². The van der Waals surface area contributed by atoms with Crippen molar-refractivity contribution in [2.24, 2.45) is 0 Å².